The van der Waals surface area contributed by atoms with Crippen LogP contribution in [-0.4, -0.2) is 22.4 Å². The minimum absolute atomic E-state index is 0.225. The molecule has 0 saturated heterocycles. The fourth-order valence-corrected chi connectivity index (χ4v) is 6.60. The van der Waals surface area contributed by atoms with Crippen molar-refractivity contribution in [2.24, 2.45) is 0 Å². The van der Waals surface area contributed by atoms with E-state index in [1.54, 1.807) is 0 Å². The van der Waals surface area contributed by atoms with Gasteiger partial charge in [-0.25, -0.2) is 0 Å². The van der Waals surface area contributed by atoms with E-state index in [1.807, 2.05) is 0 Å². The van der Waals surface area contributed by atoms with Crippen molar-refractivity contribution in [1.82, 2.24) is 0 Å². The average Bonchev–Trinajstić information content (AvgIpc) is 2.85. The van der Waals surface area contributed by atoms with Gasteiger partial charge in [-0.05, 0) is 89.6 Å². The molecular weight excluding hydrogens is 416 g/mol. The van der Waals surface area contributed by atoms with E-state index in [0.717, 1.165) is 22.3 Å². The molecule has 0 amide bonds. The van der Waals surface area contributed by atoms with Gasteiger partial charge in [0.15, 0.2) is 0 Å². The van der Waals surface area contributed by atoms with Crippen LogP contribution in [0.2, 0.25) is 0 Å². The molecule has 3 aliphatic rings. The Labute approximate surface area is 196 Å². The second-order valence-electron chi connectivity index (χ2n) is 9.99. The quantitative estimate of drug-likeness (QED) is 0.262. The number of aliphatic hydroxyl groups excluding tert-OH is 2. The molecule has 0 saturated carbocycles. The molecule has 2 heteroatoms. The molecule has 3 aliphatic carbocycles. The summed E-state index contributed by atoms with van der Waals surface area (Å²) in [4.78, 5) is 0. The summed E-state index contributed by atoms with van der Waals surface area (Å²) < 4.78 is 0. The largest absolute Gasteiger partial charge is 0.389 e. The lowest BCUT2D eigenvalue weighted by Gasteiger charge is -2.47. The second kappa shape index (κ2) is 6.44. The van der Waals surface area contributed by atoms with Crippen LogP contribution in [0.5, 0.6) is 0 Å². The summed E-state index contributed by atoms with van der Waals surface area (Å²) in [5.41, 5.74) is 4.60. The Kier molecular flexibility index (Phi) is 3.54. The maximum Gasteiger partial charge on any atom is 0.0917 e. The van der Waals surface area contributed by atoms with Crippen molar-refractivity contribution in [1.29, 1.82) is 0 Å². The molecule has 2 nitrogen and oxygen atoms in total. The van der Waals surface area contributed by atoms with Crippen LogP contribution in [0.3, 0.4) is 0 Å². The molecular formula is C32H22O2. The molecule has 0 aliphatic heterocycles. The predicted molar refractivity (Wildman–Crippen MR) is 139 cm³/mol. The van der Waals surface area contributed by atoms with Crippen LogP contribution in [0.15, 0.2) is 97.1 Å². The van der Waals surface area contributed by atoms with Gasteiger partial charge in [0.2, 0.25) is 0 Å². The summed E-state index contributed by atoms with van der Waals surface area (Å²) in [6.45, 7) is 0. The number of hydrogen-bond donors (Lipinski definition) is 2. The number of rotatable bonds is 0. The zero-order valence-electron chi connectivity index (χ0n) is 18.4. The zero-order valence-corrected chi connectivity index (χ0v) is 18.4. The van der Waals surface area contributed by atoms with Crippen LogP contribution < -0.4 is 0 Å². The minimum Gasteiger partial charge on any atom is -0.389 e. The first-order valence-corrected chi connectivity index (χ1v) is 11.9. The van der Waals surface area contributed by atoms with Gasteiger partial charge in [-0.1, -0.05) is 72.8 Å². The lowest BCUT2D eigenvalue weighted by molar-refractivity contribution is -0.0152. The summed E-state index contributed by atoms with van der Waals surface area (Å²) in [7, 11) is 0. The molecule has 0 fully saturated rings. The van der Waals surface area contributed by atoms with E-state index < -0.39 is 12.2 Å². The van der Waals surface area contributed by atoms with Gasteiger partial charge in [0.05, 0.1) is 12.2 Å². The highest BCUT2D eigenvalue weighted by atomic mass is 16.3. The smallest absolute Gasteiger partial charge is 0.0917 e. The molecule has 34 heavy (non-hydrogen) atoms. The Hall–Kier alpha value is -3.72. The Morgan fingerprint density at radius 2 is 0.618 bits per heavy atom. The van der Waals surface area contributed by atoms with Crippen LogP contribution in [0.4, 0.5) is 0 Å². The van der Waals surface area contributed by atoms with Crippen molar-refractivity contribution in [3.63, 3.8) is 0 Å². The third-order valence-corrected chi connectivity index (χ3v) is 8.19. The van der Waals surface area contributed by atoms with Crippen molar-refractivity contribution >= 4 is 43.1 Å². The van der Waals surface area contributed by atoms with Gasteiger partial charge >= 0.3 is 0 Å². The normalized spacial score (nSPS) is 23.0. The molecule has 2 atom stereocenters. The first-order chi connectivity index (χ1) is 16.7. The van der Waals surface area contributed by atoms with E-state index in [2.05, 4.69) is 97.1 Å². The van der Waals surface area contributed by atoms with Gasteiger partial charge in [0.1, 0.15) is 0 Å². The van der Waals surface area contributed by atoms with Crippen LogP contribution in [0.25, 0.3) is 43.1 Å². The highest BCUT2D eigenvalue weighted by Crippen LogP contribution is 2.54. The maximum absolute atomic E-state index is 11.2. The Morgan fingerprint density at radius 3 is 0.882 bits per heavy atom. The highest BCUT2D eigenvalue weighted by molar-refractivity contribution is 6.01. The maximum atomic E-state index is 11.2. The average molecular weight is 439 g/mol. The molecule has 2 N–H and O–H groups in total. The van der Waals surface area contributed by atoms with Crippen molar-refractivity contribution in [3.05, 3.63) is 119 Å². The third-order valence-electron chi connectivity index (χ3n) is 8.19. The van der Waals surface area contributed by atoms with Gasteiger partial charge in [-0.15, -0.1) is 0 Å². The summed E-state index contributed by atoms with van der Waals surface area (Å²) in [6.07, 6.45) is -1.61. The Bertz CT molecular complexity index is 1560. The van der Waals surface area contributed by atoms with Gasteiger partial charge in [0.25, 0.3) is 0 Å². The molecule has 9 rings (SSSR count). The summed E-state index contributed by atoms with van der Waals surface area (Å²) in [6, 6.07) is 34.8. The molecule has 0 aromatic heterocycles. The van der Waals surface area contributed by atoms with E-state index in [9.17, 15) is 10.2 Å². The minimum atomic E-state index is -0.805. The highest BCUT2D eigenvalue weighted by Gasteiger charge is 2.49. The van der Waals surface area contributed by atoms with Gasteiger partial charge in [0, 0.05) is 11.8 Å². The molecule has 2 bridgehead atoms. The molecule has 162 valence electrons. The predicted octanol–water partition coefficient (Wildman–Crippen LogP) is 6.61. The summed E-state index contributed by atoms with van der Waals surface area (Å²) in [5.74, 6) is -0.450. The molecule has 0 heterocycles. The summed E-state index contributed by atoms with van der Waals surface area (Å²) in [5, 5.41) is 32.0. The number of benzene rings is 6. The molecule has 0 spiro atoms. The van der Waals surface area contributed by atoms with Crippen LogP contribution in [0, 0.1) is 0 Å². The molecule has 0 radical (unpaired) electrons. The van der Waals surface area contributed by atoms with E-state index in [1.165, 1.54) is 43.1 Å². The standard InChI is InChI=1S/C32H22O2/c33-31-29-25-13-21-9-17-5-1-2-6-18(17)10-22(21)14-26(25)30(32(31)34)28-16-24-12-20-8-4-3-7-19(20)11-23(24)15-27(28)29/h1-16,29-34H. The fourth-order valence-electron chi connectivity index (χ4n) is 6.60. The summed E-state index contributed by atoms with van der Waals surface area (Å²) >= 11 is 0. The first-order valence-electron chi connectivity index (χ1n) is 11.9. The van der Waals surface area contributed by atoms with Gasteiger partial charge < -0.3 is 10.2 Å². The van der Waals surface area contributed by atoms with E-state index in [-0.39, 0.29) is 11.8 Å². The van der Waals surface area contributed by atoms with Crippen LogP contribution >= 0.6 is 0 Å². The van der Waals surface area contributed by atoms with Crippen molar-refractivity contribution < 1.29 is 10.2 Å². The lowest BCUT2D eigenvalue weighted by atomic mass is 9.60. The second-order valence-corrected chi connectivity index (χ2v) is 9.99. The van der Waals surface area contributed by atoms with Crippen LogP contribution in [-0.2, 0) is 0 Å². The molecule has 6 aromatic rings. The van der Waals surface area contributed by atoms with E-state index >= 15 is 0 Å². The Morgan fingerprint density at radius 1 is 0.353 bits per heavy atom. The van der Waals surface area contributed by atoms with Crippen molar-refractivity contribution in [2.45, 2.75) is 24.0 Å². The zero-order chi connectivity index (χ0) is 22.6. The number of fused-ring (bicyclic) bond motifs is 5. The van der Waals surface area contributed by atoms with E-state index in [4.69, 9.17) is 0 Å². The lowest BCUT2D eigenvalue weighted by Crippen LogP contribution is -2.47. The Balaban J connectivity index is 1.42. The van der Waals surface area contributed by atoms with Gasteiger partial charge in [-0.3, -0.25) is 0 Å². The van der Waals surface area contributed by atoms with E-state index in [0.29, 0.717) is 0 Å². The SMILES string of the molecule is OC1C2c3cc4cc5ccccc5cc4cc3C(c3cc4cc5ccccc5cc4cc32)C1O. The first kappa shape index (κ1) is 18.7. The van der Waals surface area contributed by atoms with Crippen molar-refractivity contribution in [3.8, 4) is 0 Å². The third kappa shape index (κ3) is 2.37. The number of hydrogen-bond acceptors (Lipinski definition) is 2. The fraction of sp³-hybridized carbons (Fsp3) is 0.125. The van der Waals surface area contributed by atoms with Crippen molar-refractivity contribution in [2.75, 3.05) is 0 Å². The molecule has 2 unspecified atom stereocenters. The number of aliphatic hydroxyl groups is 2. The van der Waals surface area contributed by atoms with Crippen LogP contribution in [0.1, 0.15) is 34.1 Å². The monoisotopic (exact) mass is 438 g/mol. The van der Waals surface area contributed by atoms with Gasteiger partial charge in [-0.2, -0.15) is 0 Å². The molecule has 6 aromatic carbocycles. The topological polar surface area (TPSA) is 40.5 Å².